The van der Waals surface area contributed by atoms with Gasteiger partial charge in [0.2, 0.25) is 0 Å². The van der Waals surface area contributed by atoms with Gasteiger partial charge in [-0.1, -0.05) is 34.6 Å². The second-order valence-electron chi connectivity index (χ2n) is 15.3. The van der Waals surface area contributed by atoms with Crippen LogP contribution in [0.25, 0.3) is 0 Å². The van der Waals surface area contributed by atoms with Gasteiger partial charge in [-0.2, -0.15) is 0 Å². The van der Waals surface area contributed by atoms with E-state index in [1.807, 2.05) is 0 Å². The molecule has 1 aliphatic heterocycles. The Morgan fingerprint density at radius 3 is 2.12 bits per heavy atom. The van der Waals surface area contributed by atoms with Crippen molar-refractivity contribution in [3.8, 4) is 0 Å². The minimum Gasteiger partial charge on any atom is -0.481 e. The number of hydrogen-bond donors (Lipinski definition) is 2. The first-order valence-electron chi connectivity index (χ1n) is 14.3. The summed E-state index contributed by atoms with van der Waals surface area (Å²) in [5.74, 6) is 1.83. The van der Waals surface area contributed by atoms with E-state index in [2.05, 4.69) is 41.5 Å². The third kappa shape index (κ3) is 2.61. The quantitative estimate of drug-likeness (QED) is 0.463. The number of carboxylic acid groups (broad SMARTS) is 1. The molecule has 0 bridgehead atoms. The van der Waals surface area contributed by atoms with E-state index in [4.69, 9.17) is 4.74 Å². The molecule has 6 aliphatic rings. The number of ether oxygens (including phenoxy) is 1. The highest BCUT2D eigenvalue weighted by Gasteiger charge is 2.73. The van der Waals surface area contributed by atoms with Crippen LogP contribution in [0.5, 0.6) is 0 Å². The Morgan fingerprint density at radius 2 is 1.47 bits per heavy atom. The number of aliphatic hydroxyl groups excluding tert-OH is 1. The molecule has 1 heterocycles. The molecule has 2 N–H and O–H groups in total. The van der Waals surface area contributed by atoms with E-state index in [1.54, 1.807) is 0 Å². The Kier molecular flexibility index (Phi) is 4.77. The molecular weight excluding hydrogens is 424 g/mol. The van der Waals surface area contributed by atoms with Crippen molar-refractivity contribution < 1.29 is 19.7 Å². The molecule has 34 heavy (non-hydrogen) atoms. The number of carbonyl (C=O) groups is 1. The summed E-state index contributed by atoms with van der Waals surface area (Å²) in [5.41, 5.74) is 0.0393. The smallest absolute Gasteiger partial charge is 0.309 e. The van der Waals surface area contributed by atoms with Crippen LogP contribution in [0, 0.1) is 56.7 Å². The lowest BCUT2D eigenvalue weighted by Gasteiger charge is -2.72. The lowest BCUT2D eigenvalue weighted by molar-refractivity contribution is -0.249. The van der Waals surface area contributed by atoms with Crippen molar-refractivity contribution >= 4 is 5.97 Å². The molecule has 0 aromatic carbocycles. The highest BCUT2D eigenvalue weighted by molar-refractivity contribution is 5.76. The zero-order chi connectivity index (χ0) is 24.5. The van der Waals surface area contributed by atoms with Crippen molar-refractivity contribution in [2.45, 2.75) is 117 Å². The Bertz CT molecular complexity index is 892. The fourth-order valence-corrected chi connectivity index (χ4v) is 12.0. The molecule has 5 aliphatic carbocycles. The summed E-state index contributed by atoms with van der Waals surface area (Å²) >= 11 is 0. The normalized spacial score (nSPS) is 59.9. The van der Waals surface area contributed by atoms with Gasteiger partial charge in [-0.25, -0.2) is 0 Å². The van der Waals surface area contributed by atoms with Crippen LogP contribution in [0.2, 0.25) is 0 Å². The molecule has 6 rings (SSSR count). The fourth-order valence-electron chi connectivity index (χ4n) is 12.0. The Balaban J connectivity index is 1.41. The number of rotatable bonds is 2. The summed E-state index contributed by atoms with van der Waals surface area (Å²) in [7, 11) is 0. The maximum Gasteiger partial charge on any atom is 0.309 e. The van der Waals surface area contributed by atoms with E-state index in [0.29, 0.717) is 23.7 Å². The maximum atomic E-state index is 12.9. The molecule has 11 atom stereocenters. The van der Waals surface area contributed by atoms with Crippen molar-refractivity contribution in [3.63, 3.8) is 0 Å². The van der Waals surface area contributed by atoms with Crippen molar-refractivity contribution in [1.82, 2.24) is 0 Å². The van der Waals surface area contributed by atoms with E-state index in [0.717, 1.165) is 45.1 Å². The largest absolute Gasteiger partial charge is 0.481 e. The second-order valence-corrected chi connectivity index (χ2v) is 15.3. The SMILES string of the molecule is CC1(C)[C@H](O)CC[C@]2(C)[C@H]3CCC4[C@@H]5[C@H]([C@@]6(C)CO6)CC[C@]5(C(=O)O)CC[C@@]4(C)[C@]3(C)CC[C@@H]12. The van der Waals surface area contributed by atoms with Crippen molar-refractivity contribution in [2.75, 3.05) is 6.61 Å². The van der Waals surface area contributed by atoms with Crippen LogP contribution in [0.3, 0.4) is 0 Å². The summed E-state index contributed by atoms with van der Waals surface area (Å²) < 4.78 is 6.00. The fraction of sp³-hybridized carbons (Fsp3) is 0.967. The predicted molar refractivity (Wildman–Crippen MR) is 132 cm³/mol. The Labute approximate surface area is 206 Å². The summed E-state index contributed by atoms with van der Waals surface area (Å²) in [5, 5.41) is 21.5. The zero-order valence-electron chi connectivity index (χ0n) is 22.5. The minimum atomic E-state index is -0.537. The average Bonchev–Trinajstić information content (AvgIpc) is 3.37. The molecule has 1 saturated heterocycles. The number of carboxylic acids is 1. The van der Waals surface area contributed by atoms with Crippen LogP contribution in [0.4, 0.5) is 0 Å². The van der Waals surface area contributed by atoms with E-state index < -0.39 is 11.4 Å². The maximum absolute atomic E-state index is 12.9. The van der Waals surface area contributed by atoms with Gasteiger partial charge in [0.15, 0.2) is 0 Å². The highest BCUT2D eigenvalue weighted by Crippen LogP contribution is 2.78. The van der Waals surface area contributed by atoms with Gasteiger partial charge < -0.3 is 14.9 Å². The van der Waals surface area contributed by atoms with Gasteiger partial charge >= 0.3 is 5.97 Å². The highest BCUT2D eigenvalue weighted by atomic mass is 16.6. The molecule has 4 nitrogen and oxygen atoms in total. The molecule has 0 amide bonds. The summed E-state index contributed by atoms with van der Waals surface area (Å²) in [6.45, 7) is 15.4. The van der Waals surface area contributed by atoms with Crippen LogP contribution >= 0.6 is 0 Å². The lowest BCUT2D eigenvalue weighted by atomic mass is 9.32. The molecule has 0 radical (unpaired) electrons. The Hall–Kier alpha value is -0.610. The molecule has 5 saturated carbocycles. The molecule has 0 spiro atoms. The van der Waals surface area contributed by atoms with E-state index >= 15 is 0 Å². The van der Waals surface area contributed by atoms with Gasteiger partial charge in [0, 0.05) is 0 Å². The summed E-state index contributed by atoms with van der Waals surface area (Å²) in [6, 6.07) is 0. The van der Waals surface area contributed by atoms with Gasteiger partial charge in [-0.05, 0) is 122 Å². The third-order valence-electron chi connectivity index (χ3n) is 14.2. The van der Waals surface area contributed by atoms with Crippen LogP contribution in [0.15, 0.2) is 0 Å². The lowest BCUT2D eigenvalue weighted by Crippen LogP contribution is -2.67. The number of epoxide rings is 1. The topological polar surface area (TPSA) is 70.1 Å². The number of aliphatic carboxylic acids is 1. The molecule has 0 aromatic heterocycles. The van der Waals surface area contributed by atoms with E-state index in [9.17, 15) is 15.0 Å². The molecular formula is C30H48O4. The van der Waals surface area contributed by atoms with Gasteiger partial charge in [0.1, 0.15) is 0 Å². The van der Waals surface area contributed by atoms with Crippen molar-refractivity contribution in [3.05, 3.63) is 0 Å². The first-order valence-corrected chi connectivity index (χ1v) is 14.3. The first-order chi connectivity index (χ1) is 15.8. The molecule has 6 fully saturated rings. The molecule has 0 aromatic rings. The summed E-state index contributed by atoms with van der Waals surface area (Å²) in [6.07, 6.45) is 10.5. The standard InChI is InChI=1S/C30H48O4/c1-25(2)20-10-13-28(5)21(26(20,3)12-11-22(25)31)8-7-18-23-19(29(6)17-34-29)9-14-30(23,24(32)33)16-15-27(18,28)4/h18-23,31H,7-17H2,1-6H3,(H,32,33)/t18?,19-,20+,21-,22-,23-,26+,27-,28-,29-,30+/m1/s1. The minimum absolute atomic E-state index is 0.0223. The van der Waals surface area contributed by atoms with Crippen molar-refractivity contribution in [2.24, 2.45) is 56.7 Å². The number of aliphatic hydroxyl groups is 1. The van der Waals surface area contributed by atoms with Crippen LogP contribution in [0.1, 0.15) is 106 Å². The van der Waals surface area contributed by atoms with Crippen molar-refractivity contribution in [1.29, 1.82) is 0 Å². The third-order valence-corrected chi connectivity index (χ3v) is 14.2. The predicted octanol–water partition coefficient (Wildman–Crippen LogP) is 6.30. The first kappa shape index (κ1) is 23.8. The molecule has 1 unspecified atom stereocenters. The van der Waals surface area contributed by atoms with Gasteiger partial charge in [-0.15, -0.1) is 0 Å². The van der Waals surface area contributed by atoms with Crippen LogP contribution < -0.4 is 0 Å². The zero-order valence-corrected chi connectivity index (χ0v) is 22.5. The summed E-state index contributed by atoms with van der Waals surface area (Å²) in [4.78, 5) is 12.9. The molecule has 192 valence electrons. The van der Waals surface area contributed by atoms with Gasteiger partial charge in [-0.3, -0.25) is 4.79 Å². The Morgan fingerprint density at radius 1 is 0.765 bits per heavy atom. The van der Waals surface area contributed by atoms with E-state index in [-0.39, 0.29) is 39.3 Å². The average molecular weight is 473 g/mol. The molecule has 4 heteroatoms. The number of fused-ring (bicyclic) bond motifs is 7. The monoisotopic (exact) mass is 472 g/mol. The number of hydrogen-bond acceptors (Lipinski definition) is 3. The van der Waals surface area contributed by atoms with E-state index in [1.165, 1.54) is 25.7 Å². The van der Waals surface area contributed by atoms with Gasteiger partial charge in [0.25, 0.3) is 0 Å². The van der Waals surface area contributed by atoms with Crippen LogP contribution in [-0.4, -0.2) is 34.5 Å². The van der Waals surface area contributed by atoms with Gasteiger partial charge in [0.05, 0.1) is 23.7 Å². The second kappa shape index (κ2) is 6.82. The van der Waals surface area contributed by atoms with Crippen LogP contribution in [-0.2, 0) is 9.53 Å².